The largest absolute Gasteiger partial charge is 0.481 e. The van der Waals surface area contributed by atoms with Crippen LogP contribution in [-0.4, -0.2) is 40.3 Å². The summed E-state index contributed by atoms with van der Waals surface area (Å²) in [6, 6.07) is 4.18. The Morgan fingerprint density at radius 1 is 1.59 bits per heavy atom. The van der Waals surface area contributed by atoms with Crippen LogP contribution in [0.15, 0.2) is 12.1 Å². The van der Waals surface area contributed by atoms with E-state index in [2.05, 4.69) is 24.0 Å². The smallest absolute Gasteiger partial charge is 0.309 e. The molecule has 2 heterocycles. The molecule has 1 saturated heterocycles. The van der Waals surface area contributed by atoms with Gasteiger partial charge >= 0.3 is 5.97 Å². The van der Waals surface area contributed by atoms with Gasteiger partial charge in [0, 0.05) is 22.8 Å². The topological polar surface area (TPSA) is 60.8 Å². The zero-order chi connectivity index (χ0) is 12.4. The summed E-state index contributed by atoms with van der Waals surface area (Å²) in [6.45, 7) is 4.07. The van der Waals surface area contributed by atoms with E-state index in [-0.39, 0.29) is 0 Å². The third kappa shape index (κ3) is 3.06. The lowest BCUT2D eigenvalue weighted by Gasteiger charge is -2.33. The van der Waals surface area contributed by atoms with Crippen molar-refractivity contribution in [3.05, 3.63) is 21.9 Å². The second-order valence-electron chi connectivity index (χ2n) is 4.55. The zero-order valence-corrected chi connectivity index (χ0v) is 10.6. The zero-order valence-electron chi connectivity index (χ0n) is 9.80. The summed E-state index contributed by atoms with van der Waals surface area (Å²) >= 11 is 1.75. The summed E-state index contributed by atoms with van der Waals surface area (Å²) < 4.78 is 0. The number of aliphatic hydroxyl groups excluding tert-OH is 1. The number of rotatable bonds is 3. The second kappa shape index (κ2) is 5.16. The van der Waals surface area contributed by atoms with Crippen molar-refractivity contribution >= 4 is 17.3 Å². The van der Waals surface area contributed by atoms with E-state index in [0.29, 0.717) is 13.0 Å². The highest BCUT2D eigenvalue weighted by Crippen LogP contribution is 2.22. The minimum Gasteiger partial charge on any atom is -0.481 e. The van der Waals surface area contributed by atoms with Crippen LogP contribution >= 0.6 is 11.3 Å². The highest BCUT2D eigenvalue weighted by molar-refractivity contribution is 7.11. The van der Waals surface area contributed by atoms with Crippen LogP contribution in [0.2, 0.25) is 0 Å². The molecule has 0 amide bonds. The highest BCUT2D eigenvalue weighted by Gasteiger charge is 2.32. The first kappa shape index (κ1) is 12.5. The number of carbonyl (C=O) groups is 1. The molecule has 2 atom stereocenters. The Labute approximate surface area is 104 Å². The van der Waals surface area contributed by atoms with Crippen LogP contribution in [-0.2, 0) is 11.3 Å². The number of aliphatic hydroxyl groups is 1. The molecule has 94 valence electrons. The lowest BCUT2D eigenvalue weighted by atomic mass is 9.94. The maximum atomic E-state index is 10.9. The minimum absolute atomic E-state index is 0.452. The van der Waals surface area contributed by atoms with E-state index in [1.807, 2.05) is 0 Å². The SMILES string of the molecule is Cc1ccc(CN2CC[C@H](C(=O)O)[C@H](O)C2)s1. The number of aryl methyl sites for hydroxylation is 1. The van der Waals surface area contributed by atoms with E-state index in [9.17, 15) is 9.90 Å². The summed E-state index contributed by atoms with van der Waals surface area (Å²) in [5.74, 6) is -1.49. The van der Waals surface area contributed by atoms with Crippen LogP contribution in [0.1, 0.15) is 16.2 Å². The highest BCUT2D eigenvalue weighted by atomic mass is 32.1. The standard InChI is InChI=1S/C12H17NO3S/c1-8-2-3-9(17-8)6-13-5-4-10(12(15)16)11(14)7-13/h2-3,10-11,14H,4-7H2,1H3,(H,15,16)/t10-,11+/m0/s1. The van der Waals surface area contributed by atoms with Gasteiger partial charge in [0.15, 0.2) is 0 Å². The summed E-state index contributed by atoms with van der Waals surface area (Å²) in [5.41, 5.74) is 0. The Morgan fingerprint density at radius 3 is 2.88 bits per heavy atom. The van der Waals surface area contributed by atoms with Gasteiger partial charge in [-0.3, -0.25) is 9.69 Å². The Morgan fingerprint density at radius 2 is 2.35 bits per heavy atom. The molecule has 0 radical (unpaired) electrons. The summed E-state index contributed by atoms with van der Waals surface area (Å²) in [7, 11) is 0. The number of hydrogen-bond acceptors (Lipinski definition) is 4. The number of aliphatic carboxylic acids is 1. The van der Waals surface area contributed by atoms with E-state index in [0.717, 1.165) is 13.1 Å². The molecular weight excluding hydrogens is 238 g/mol. The average molecular weight is 255 g/mol. The number of β-amino-alcohol motifs (C(OH)–C–C–N with tert-alkyl or cyclic N) is 1. The van der Waals surface area contributed by atoms with Crippen molar-refractivity contribution in [1.82, 2.24) is 4.90 Å². The summed E-state index contributed by atoms with van der Waals surface area (Å²) in [6.07, 6.45) is -0.219. The van der Waals surface area contributed by atoms with Crippen molar-refractivity contribution < 1.29 is 15.0 Å². The van der Waals surface area contributed by atoms with Gasteiger partial charge in [-0.1, -0.05) is 0 Å². The number of carboxylic acid groups (broad SMARTS) is 1. The second-order valence-corrected chi connectivity index (χ2v) is 5.92. The molecule has 4 nitrogen and oxygen atoms in total. The molecule has 0 saturated carbocycles. The molecule has 2 rings (SSSR count). The first-order valence-electron chi connectivity index (χ1n) is 5.75. The lowest BCUT2D eigenvalue weighted by molar-refractivity contribution is -0.148. The molecule has 0 unspecified atom stereocenters. The molecule has 0 spiro atoms. The molecule has 17 heavy (non-hydrogen) atoms. The third-order valence-corrected chi connectivity index (χ3v) is 4.14. The number of likely N-dealkylation sites (tertiary alicyclic amines) is 1. The Kier molecular flexibility index (Phi) is 3.81. The van der Waals surface area contributed by atoms with Crippen LogP contribution < -0.4 is 0 Å². The van der Waals surface area contributed by atoms with Gasteiger partial charge in [-0.2, -0.15) is 0 Å². The monoisotopic (exact) mass is 255 g/mol. The van der Waals surface area contributed by atoms with Gasteiger partial charge in [-0.05, 0) is 32.0 Å². The van der Waals surface area contributed by atoms with Crippen LogP contribution in [0.3, 0.4) is 0 Å². The van der Waals surface area contributed by atoms with Gasteiger partial charge in [0.25, 0.3) is 0 Å². The minimum atomic E-state index is -0.885. The van der Waals surface area contributed by atoms with E-state index >= 15 is 0 Å². The Hall–Kier alpha value is -0.910. The molecule has 0 aliphatic carbocycles. The maximum Gasteiger partial charge on any atom is 0.309 e. The van der Waals surface area contributed by atoms with Crippen LogP contribution in [0.25, 0.3) is 0 Å². The van der Waals surface area contributed by atoms with E-state index in [1.54, 1.807) is 11.3 Å². The number of hydrogen-bond donors (Lipinski definition) is 2. The summed E-state index contributed by atoms with van der Waals surface area (Å²) in [4.78, 5) is 15.5. The fourth-order valence-electron chi connectivity index (χ4n) is 2.22. The number of carboxylic acids is 1. The number of piperidine rings is 1. The molecule has 1 fully saturated rings. The predicted octanol–water partition coefficient (Wildman–Crippen LogP) is 1.32. The number of nitrogens with zero attached hydrogens (tertiary/aromatic N) is 1. The quantitative estimate of drug-likeness (QED) is 0.855. The van der Waals surface area contributed by atoms with Gasteiger partial charge in [0.1, 0.15) is 0 Å². The van der Waals surface area contributed by atoms with Crippen molar-refractivity contribution in [2.45, 2.75) is 26.0 Å². The molecule has 0 aromatic carbocycles. The predicted molar refractivity (Wildman–Crippen MR) is 66.1 cm³/mol. The molecule has 0 bridgehead atoms. The van der Waals surface area contributed by atoms with Crippen molar-refractivity contribution in [2.75, 3.05) is 13.1 Å². The molecule has 1 aliphatic rings. The van der Waals surface area contributed by atoms with Crippen LogP contribution in [0.4, 0.5) is 0 Å². The van der Waals surface area contributed by atoms with Gasteiger partial charge in [0.2, 0.25) is 0 Å². The summed E-state index contributed by atoms with van der Waals surface area (Å²) in [5, 5.41) is 18.7. The first-order chi connectivity index (χ1) is 8.06. The van der Waals surface area contributed by atoms with E-state index in [1.165, 1.54) is 9.75 Å². The fourth-order valence-corrected chi connectivity index (χ4v) is 3.15. The van der Waals surface area contributed by atoms with Crippen LogP contribution in [0.5, 0.6) is 0 Å². The molecule has 1 aliphatic heterocycles. The third-order valence-electron chi connectivity index (χ3n) is 3.16. The van der Waals surface area contributed by atoms with Crippen molar-refractivity contribution in [1.29, 1.82) is 0 Å². The normalized spacial score (nSPS) is 26.0. The van der Waals surface area contributed by atoms with Crippen molar-refractivity contribution in [2.24, 2.45) is 5.92 Å². The molecule has 1 aromatic rings. The Balaban J connectivity index is 1.91. The van der Waals surface area contributed by atoms with Crippen LogP contribution in [0, 0.1) is 12.8 Å². The Bertz CT molecular complexity index is 404. The van der Waals surface area contributed by atoms with Gasteiger partial charge < -0.3 is 10.2 Å². The maximum absolute atomic E-state index is 10.9. The van der Waals surface area contributed by atoms with Gasteiger partial charge in [0.05, 0.1) is 12.0 Å². The molecular formula is C12H17NO3S. The lowest BCUT2D eigenvalue weighted by Crippen LogP contribution is -2.45. The first-order valence-corrected chi connectivity index (χ1v) is 6.56. The molecule has 2 N–H and O–H groups in total. The number of thiophene rings is 1. The van der Waals surface area contributed by atoms with Gasteiger partial charge in [-0.15, -0.1) is 11.3 Å². The fraction of sp³-hybridized carbons (Fsp3) is 0.583. The molecule has 5 heteroatoms. The van der Waals surface area contributed by atoms with E-state index < -0.39 is 18.0 Å². The van der Waals surface area contributed by atoms with E-state index in [4.69, 9.17) is 5.11 Å². The van der Waals surface area contributed by atoms with Gasteiger partial charge in [-0.25, -0.2) is 0 Å². The van der Waals surface area contributed by atoms with Crippen molar-refractivity contribution in [3.8, 4) is 0 Å². The van der Waals surface area contributed by atoms with Crippen molar-refractivity contribution in [3.63, 3.8) is 0 Å². The molecule has 1 aromatic heterocycles. The average Bonchev–Trinajstić information content (AvgIpc) is 2.63.